The van der Waals surface area contributed by atoms with E-state index in [-0.39, 0.29) is 34.2 Å². The number of hydrogen-bond donors (Lipinski definition) is 2. The zero-order valence-electron chi connectivity index (χ0n) is 18.9. The average Bonchev–Trinajstić information content (AvgIpc) is 3.37. The molecule has 0 amide bonds. The number of anilines is 2. The van der Waals surface area contributed by atoms with Crippen LogP contribution in [0.2, 0.25) is 0 Å². The van der Waals surface area contributed by atoms with Gasteiger partial charge in [0.15, 0.2) is 0 Å². The number of rotatable bonds is 6. The van der Waals surface area contributed by atoms with Gasteiger partial charge in [-0.15, -0.1) is 0 Å². The van der Waals surface area contributed by atoms with Crippen LogP contribution in [-0.4, -0.2) is 15.6 Å². The zero-order valence-corrected chi connectivity index (χ0v) is 18.9. The quantitative estimate of drug-likeness (QED) is 0.193. The molecule has 3 aromatic rings. The highest BCUT2D eigenvalue weighted by Crippen LogP contribution is 2.50. The highest BCUT2D eigenvalue weighted by atomic mass is 16.6. The highest BCUT2D eigenvalue weighted by molar-refractivity contribution is 5.99. The second kappa shape index (κ2) is 9.02. The molecule has 0 bridgehead atoms. The average molecular weight is 470 g/mol. The molecule has 1 aliphatic carbocycles. The first-order valence-corrected chi connectivity index (χ1v) is 11.3. The Bertz CT molecular complexity index is 1370. The lowest BCUT2D eigenvalue weighted by Crippen LogP contribution is -2.29. The van der Waals surface area contributed by atoms with E-state index in [1.165, 1.54) is 23.8 Å². The third kappa shape index (κ3) is 4.35. The topological polar surface area (TPSA) is 123 Å². The van der Waals surface area contributed by atoms with Gasteiger partial charge < -0.3 is 5.32 Å². The zero-order chi connectivity index (χ0) is 24.5. The third-order valence-corrected chi connectivity index (χ3v) is 6.65. The van der Waals surface area contributed by atoms with E-state index in [1.807, 2.05) is 25.1 Å². The minimum absolute atomic E-state index is 0.0215. The van der Waals surface area contributed by atoms with E-state index >= 15 is 0 Å². The Balaban J connectivity index is 1.39. The number of hydrogen-bond acceptors (Lipinski definition) is 7. The molecule has 3 atom stereocenters. The van der Waals surface area contributed by atoms with E-state index < -0.39 is 4.92 Å². The first-order chi connectivity index (χ1) is 16.9. The molecule has 2 N–H and O–H groups in total. The Morgan fingerprint density at radius 3 is 2.51 bits per heavy atom. The number of allylic oxidation sites excluding steroid dienone is 2. The van der Waals surface area contributed by atoms with Crippen LogP contribution in [0, 0.1) is 26.1 Å². The summed E-state index contributed by atoms with van der Waals surface area (Å²) in [5.41, 5.74) is 8.59. The summed E-state index contributed by atoms with van der Waals surface area (Å²) in [5, 5.41) is 30.2. The van der Waals surface area contributed by atoms with Gasteiger partial charge >= 0.3 is 0 Å². The fourth-order valence-electron chi connectivity index (χ4n) is 4.85. The fraction of sp³-hybridized carbons (Fsp3) is 0.192. The Kier molecular flexibility index (Phi) is 5.74. The second-order valence-electron chi connectivity index (χ2n) is 8.74. The summed E-state index contributed by atoms with van der Waals surface area (Å²) in [6.07, 6.45) is 5.30. The van der Waals surface area contributed by atoms with Gasteiger partial charge in [0, 0.05) is 35.9 Å². The molecular weight excluding hydrogens is 446 g/mol. The number of fused-ring (bicyclic) bond motifs is 3. The maximum absolute atomic E-state index is 11.3. The number of benzene rings is 3. The van der Waals surface area contributed by atoms with Crippen LogP contribution in [0.5, 0.6) is 0 Å². The van der Waals surface area contributed by atoms with Gasteiger partial charge in [-0.1, -0.05) is 30.4 Å². The van der Waals surface area contributed by atoms with Crippen molar-refractivity contribution in [2.45, 2.75) is 25.3 Å². The van der Waals surface area contributed by atoms with Crippen molar-refractivity contribution < 1.29 is 9.85 Å². The maximum atomic E-state index is 11.3. The van der Waals surface area contributed by atoms with Crippen LogP contribution in [0.1, 0.15) is 42.0 Å². The molecule has 0 radical (unpaired) electrons. The minimum atomic E-state index is -0.437. The van der Waals surface area contributed by atoms with E-state index in [2.05, 4.69) is 34.1 Å². The maximum Gasteiger partial charge on any atom is 0.269 e. The van der Waals surface area contributed by atoms with Gasteiger partial charge in [0.1, 0.15) is 0 Å². The van der Waals surface area contributed by atoms with Crippen LogP contribution in [0.3, 0.4) is 0 Å². The molecule has 0 saturated carbocycles. The van der Waals surface area contributed by atoms with Gasteiger partial charge in [0.2, 0.25) is 0 Å². The third-order valence-electron chi connectivity index (χ3n) is 6.65. The molecule has 0 aromatic heterocycles. The van der Waals surface area contributed by atoms with Crippen molar-refractivity contribution in [1.82, 2.24) is 0 Å². The van der Waals surface area contributed by atoms with Crippen LogP contribution in [-0.2, 0) is 0 Å². The van der Waals surface area contributed by atoms with Crippen molar-refractivity contribution in [2.24, 2.45) is 11.0 Å². The second-order valence-corrected chi connectivity index (χ2v) is 8.74. The van der Waals surface area contributed by atoms with E-state index in [1.54, 1.807) is 24.3 Å². The van der Waals surface area contributed by atoms with Crippen molar-refractivity contribution >= 4 is 28.5 Å². The summed E-state index contributed by atoms with van der Waals surface area (Å²) >= 11 is 0. The number of nitro groups is 2. The highest BCUT2D eigenvalue weighted by Gasteiger charge is 2.38. The molecular formula is C26H23N5O4. The van der Waals surface area contributed by atoms with Gasteiger partial charge in [-0.05, 0) is 60.2 Å². The lowest BCUT2D eigenvalue weighted by Gasteiger charge is -2.37. The number of hydrazone groups is 1. The monoisotopic (exact) mass is 469 g/mol. The van der Waals surface area contributed by atoms with Gasteiger partial charge in [-0.25, -0.2) is 0 Å². The first kappa shape index (κ1) is 22.3. The van der Waals surface area contributed by atoms with Crippen LogP contribution >= 0.6 is 0 Å². The molecule has 3 aromatic carbocycles. The molecule has 1 heterocycles. The molecule has 9 heteroatoms. The Morgan fingerprint density at radius 2 is 1.77 bits per heavy atom. The lowest BCUT2D eigenvalue weighted by molar-refractivity contribution is -0.385. The fourth-order valence-corrected chi connectivity index (χ4v) is 4.85. The summed E-state index contributed by atoms with van der Waals surface area (Å²) in [6, 6.07) is 19.1. The van der Waals surface area contributed by atoms with E-state index in [0.29, 0.717) is 5.69 Å². The smallest absolute Gasteiger partial charge is 0.269 e. The Labute approximate surface area is 201 Å². The van der Waals surface area contributed by atoms with Gasteiger partial charge in [-0.2, -0.15) is 5.10 Å². The first-order valence-electron chi connectivity index (χ1n) is 11.3. The van der Waals surface area contributed by atoms with Crippen molar-refractivity contribution in [2.75, 3.05) is 10.7 Å². The molecule has 1 aliphatic heterocycles. The predicted octanol–water partition coefficient (Wildman–Crippen LogP) is 6.17. The Morgan fingerprint density at radius 1 is 1.00 bits per heavy atom. The summed E-state index contributed by atoms with van der Waals surface area (Å²) in [4.78, 5) is 21.3. The van der Waals surface area contributed by atoms with E-state index in [9.17, 15) is 20.2 Å². The van der Waals surface area contributed by atoms with E-state index in [0.717, 1.165) is 28.9 Å². The van der Waals surface area contributed by atoms with Gasteiger partial charge in [-0.3, -0.25) is 25.7 Å². The Hall–Kier alpha value is -4.53. The van der Waals surface area contributed by atoms with Crippen LogP contribution in [0.4, 0.5) is 22.7 Å². The van der Waals surface area contributed by atoms with Crippen LogP contribution in [0.25, 0.3) is 0 Å². The molecule has 35 heavy (non-hydrogen) atoms. The molecule has 0 unspecified atom stereocenters. The normalized spacial score (nSPS) is 20.5. The summed E-state index contributed by atoms with van der Waals surface area (Å²) < 4.78 is 0. The van der Waals surface area contributed by atoms with E-state index in [4.69, 9.17) is 0 Å². The van der Waals surface area contributed by atoms with Crippen LogP contribution in [0.15, 0.2) is 84.0 Å². The number of non-ortho nitro benzene ring substituents is 2. The molecule has 9 nitrogen and oxygen atoms in total. The number of nitro benzene ring substituents is 2. The SMILES string of the molecule is C/C(=N\Nc1ccc([N+](=O)[O-])cc1)c1ccc2c(c1)[C@H]1C=CC[C@H]1[C@H](c1cccc([N+](=O)[O-])c1)N2. The van der Waals surface area contributed by atoms with Gasteiger partial charge in [0.05, 0.1) is 27.3 Å². The molecule has 0 spiro atoms. The summed E-state index contributed by atoms with van der Waals surface area (Å²) in [5.74, 6) is 0.459. The molecule has 0 fully saturated rings. The standard InChI is InChI=1S/C26H23N5O4/c1-16(28-29-19-9-11-20(12-10-19)30(32)33)17-8-13-25-24(15-17)22-6-3-7-23(22)26(27-25)18-4-2-5-21(14-18)31(34)35/h2-6,8-15,22-23,26-27,29H,7H2,1H3/b28-16+/t22-,23+,26-/m0/s1. The largest absolute Gasteiger partial charge is 0.378 e. The predicted molar refractivity (Wildman–Crippen MR) is 135 cm³/mol. The number of nitrogens with one attached hydrogen (secondary N) is 2. The molecule has 2 aliphatic rings. The summed E-state index contributed by atoms with van der Waals surface area (Å²) in [6.45, 7) is 1.91. The lowest BCUT2D eigenvalue weighted by atomic mass is 9.76. The summed E-state index contributed by atoms with van der Waals surface area (Å²) in [7, 11) is 0. The van der Waals surface area contributed by atoms with Crippen molar-refractivity contribution in [1.29, 1.82) is 0 Å². The minimum Gasteiger partial charge on any atom is -0.378 e. The van der Waals surface area contributed by atoms with Gasteiger partial charge in [0.25, 0.3) is 11.4 Å². The molecule has 176 valence electrons. The molecule has 0 saturated heterocycles. The van der Waals surface area contributed by atoms with Crippen molar-refractivity contribution in [3.8, 4) is 0 Å². The van der Waals surface area contributed by atoms with Crippen molar-refractivity contribution in [3.05, 3.63) is 116 Å². The number of nitrogens with zero attached hydrogens (tertiary/aromatic N) is 3. The molecule has 5 rings (SSSR count). The van der Waals surface area contributed by atoms with Crippen LogP contribution < -0.4 is 10.7 Å². The van der Waals surface area contributed by atoms with Crippen molar-refractivity contribution in [3.63, 3.8) is 0 Å².